The van der Waals surface area contributed by atoms with Crippen LogP contribution in [0.15, 0.2) is 23.1 Å². The molecule has 0 unspecified atom stereocenters. The van der Waals surface area contributed by atoms with Crippen LogP contribution in [0.1, 0.15) is 5.56 Å². The lowest BCUT2D eigenvalue weighted by Gasteiger charge is -2.17. The maximum absolute atomic E-state index is 12.4. The third-order valence-corrected chi connectivity index (χ3v) is 5.27. The highest BCUT2D eigenvalue weighted by molar-refractivity contribution is 7.89. The number of hydrogen-bond acceptors (Lipinski definition) is 6. The number of β-amino-alcohol motifs (C(OH)–C–C–N with tert-alkyl or cyclic N) is 2. The fraction of sp³-hybridized carbons (Fsp3) is 0.455. The first-order valence-electron chi connectivity index (χ1n) is 5.85. The number of hydrogen-bond donors (Lipinski definition) is 2. The molecule has 0 bridgehead atoms. The first-order valence-corrected chi connectivity index (χ1v) is 7.29. The first kappa shape index (κ1) is 14.9. The van der Waals surface area contributed by atoms with E-state index < -0.39 is 27.2 Å². The molecule has 2 atom stereocenters. The molecular formula is C11H14N2O6S. The second-order valence-corrected chi connectivity index (χ2v) is 6.52. The zero-order valence-corrected chi connectivity index (χ0v) is 11.4. The maximum atomic E-state index is 12.4. The van der Waals surface area contributed by atoms with Crippen molar-refractivity contribution in [1.82, 2.24) is 4.31 Å². The highest BCUT2D eigenvalue weighted by Gasteiger charge is 2.38. The Labute approximate surface area is 115 Å². The molecule has 8 nitrogen and oxygen atoms in total. The topological polar surface area (TPSA) is 121 Å². The summed E-state index contributed by atoms with van der Waals surface area (Å²) < 4.78 is 25.7. The van der Waals surface area contributed by atoms with E-state index in [4.69, 9.17) is 0 Å². The van der Waals surface area contributed by atoms with Crippen LogP contribution in [0.2, 0.25) is 0 Å². The smallest absolute Gasteiger partial charge is 0.273 e. The number of benzene rings is 1. The van der Waals surface area contributed by atoms with Crippen LogP contribution in [0.5, 0.6) is 0 Å². The van der Waals surface area contributed by atoms with Gasteiger partial charge in [0, 0.05) is 24.7 Å². The van der Waals surface area contributed by atoms with E-state index in [1.165, 1.54) is 25.1 Å². The van der Waals surface area contributed by atoms with Crippen LogP contribution < -0.4 is 0 Å². The van der Waals surface area contributed by atoms with Gasteiger partial charge in [0.2, 0.25) is 10.0 Å². The normalized spacial score (nSPS) is 23.9. The first-order chi connectivity index (χ1) is 9.25. The van der Waals surface area contributed by atoms with Crippen molar-refractivity contribution in [3.8, 4) is 0 Å². The van der Waals surface area contributed by atoms with Gasteiger partial charge in [-0.25, -0.2) is 8.42 Å². The van der Waals surface area contributed by atoms with E-state index in [0.717, 1.165) is 4.31 Å². The standard InChI is InChI=1S/C11H14N2O6S/c1-7-8(13(16)17)3-2-4-11(7)20(18,19)12-5-9(14)10(15)6-12/h2-4,9-10,14-15H,5-6H2,1H3/t9-,10+. The zero-order chi connectivity index (χ0) is 15.1. The summed E-state index contributed by atoms with van der Waals surface area (Å²) in [6.45, 7) is 0.894. The van der Waals surface area contributed by atoms with Gasteiger partial charge in [0.15, 0.2) is 0 Å². The molecule has 2 rings (SSSR count). The van der Waals surface area contributed by atoms with Gasteiger partial charge in [-0.1, -0.05) is 6.07 Å². The van der Waals surface area contributed by atoms with Crippen LogP contribution in [0.4, 0.5) is 5.69 Å². The number of aliphatic hydroxyl groups is 2. The molecule has 1 heterocycles. The lowest BCUT2D eigenvalue weighted by Crippen LogP contribution is -2.30. The van der Waals surface area contributed by atoms with Gasteiger partial charge < -0.3 is 10.2 Å². The number of nitro groups is 1. The van der Waals surface area contributed by atoms with E-state index in [0.29, 0.717) is 0 Å². The van der Waals surface area contributed by atoms with Crippen molar-refractivity contribution in [2.75, 3.05) is 13.1 Å². The quantitative estimate of drug-likeness (QED) is 0.580. The van der Waals surface area contributed by atoms with Crippen molar-refractivity contribution in [3.63, 3.8) is 0 Å². The van der Waals surface area contributed by atoms with Crippen molar-refractivity contribution in [2.24, 2.45) is 0 Å². The summed E-state index contributed by atoms with van der Waals surface area (Å²) in [5.41, 5.74) is -0.250. The maximum Gasteiger partial charge on any atom is 0.273 e. The number of sulfonamides is 1. The van der Waals surface area contributed by atoms with E-state index in [-0.39, 0.29) is 29.2 Å². The molecule has 1 aromatic rings. The van der Waals surface area contributed by atoms with E-state index in [9.17, 15) is 28.7 Å². The summed E-state index contributed by atoms with van der Waals surface area (Å²) in [5.74, 6) is 0. The summed E-state index contributed by atoms with van der Waals surface area (Å²) in [6.07, 6.45) is -2.30. The zero-order valence-electron chi connectivity index (χ0n) is 10.6. The van der Waals surface area contributed by atoms with E-state index in [1.54, 1.807) is 0 Å². The summed E-state index contributed by atoms with van der Waals surface area (Å²) >= 11 is 0. The third kappa shape index (κ3) is 2.40. The van der Waals surface area contributed by atoms with Gasteiger partial charge in [-0.15, -0.1) is 0 Å². The number of aliphatic hydroxyl groups excluding tert-OH is 2. The Bertz CT molecular complexity index is 634. The molecule has 0 saturated carbocycles. The van der Waals surface area contributed by atoms with Crippen LogP contribution >= 0.6 is 0 Å². The van der Waals surface area contributed by atoms with Gasteiger partial charge in [-0.3, -0.25) is 10.1 Å². The van der Waals surface area contributed by atoms with E-state index in [1.807, 2.05) is 0 Å². The highest BCUT2D eigenvalue weighted by Crippen LogP contribution is 2.28. The lowest BCUT2D eigenvalue weighted by atomic mass is 10.2. The molecule has 1 aliphatic heterocycles. The van der Waals surface area contributed by atoms with Gasteiger partial charge in [-0.2, -0.15) is 4.31 Å². The van der Waals surface area contributed by atoms with Crippen molar-refractivity contribution < 1.29 is 23.6 Å². The van der Waals surface area contributed by atoms with Gasteiger partial charge in [0.25, 0.3) is 5.69 Å². The fourth-order valence-electron chi connectivity index (χ4n) is 2.15. The largest absolute Gasteiger partial charge is 0.389 e. The second-order valence-electron chi connectivity index (χ2n) is 4.61. The molecule has 0 amide bonds. The SMILES string of the molecule is Cc1c([N+](=O)[O-])cccc1S(=O)(=O)N1C[C@@H](O)[C@@H](O)C1. The van der Waals surface area contributed by atoms with Crippen LogP contribution in [0.3, 0.4) is 0 Å². The van der Waals surface area contributed by atoms with Gasteiger partial charge in [0.05, 0.1) is 22.0 Å². The van der Waals surface area contributed by atoms with Crippen LogP contribution in [0.25, 0.3) is 0 Å². The van der Waals surface area contributed by atoms with Gasteiger partial charge >= 0.3 is 0 Å². The predicted octanol–water partition coefficient (Wildman–Crippen LogP) is -0.371. The Morgan fingerprint density at radius 1 is 1.30 bits per heavy atom. The molecule has 0 aromatic heterocycles. The Hall–Kier alpha value is -1.55. The second kappa shape index (κ2) is 5.09. The Morgan fingerprint density at radius 2 is 1.85 bits per heavy atom. The highest BCUT2D eigenvalue weighted by atomic mass is 32.2. The number of rotatable bonds is 3. The molecule has 0 aliphatic carbocycles. The monoisotopic (exact) mass is 302 g/mol. The molecule has 20 heavy (non-hydrogen) atoms. The third-order valence-electron chi connectivity index (χ3n) is 3.30. The molecular weight excluding hydrogens is 288 g/mol. The minimum atomic E-state index is -3.98. The molecule has 1 saturated heterocycles. The molecule has 0 radical (unpaired) electrons. The summed E-state index contributed by atoms with van der Waals surface area (Å²) in [7, 11) is -3.98. The number of nitro benzene ring substituents is 1. The van der Waals surface area contributed by atoms with E-state index in [2.05, 4.69) is 0 Å². The Kier molecular flexibility index (Phi) is 3.78. The molecule has 1 aliphatic rings. The molecule has 1 fully saturated rings. The molecule has 2 N–H and O–H groups in total. The minimum absolute atomic E-state index is 0.0355. The van der Waals surface area contributed by atoms with Gasteiger partial charge in [-0.05, 0) is 13.0 Å². The average Bonchev–Trinajstić information content (AvgIpc) is 2.70. The summed E-state index contributed by atoms with van der Waals surface area (Å²) in [6, 6.07) is 3.79. The number of nitrogens with zero attached hydrogens (tertiary/aromatic N) is 2. The van der Waals surface area contributed by atoms with E-state index >= 15 is 0 Å². The summed E-state index contributed by atoms with van der Waals surface area (Å²) in [4.78, 5) is 10.0. The fourth-order valence-corrected chi connectivity index (χ4v) is 3.87. The average molecular weight is 302 g/mol. The minimum Gasteiger partial charge on any atom is -0.389 e. The van der Waals surface area contributed by atoms with Crippen LogP contribution in [-0.4, -0.2) is 53.2 Å². The van der Waals surface area contributed by atoms with Crippen molar-refractivity contribution in [3.05, 3.63) is 33.9 Å². The Morgan fingerprint density at radius 3 is 2.35 bits per heavy atom. The summed E-state index contributed by atoms with van der Waals surface area (Å²) in [5, 5.41) is 29.7. The lowest BCUT2D eigenvalue weighted by molar-refractivity contribution is -0.385. The Balaban J connectivity index is 2.46. The molecule has 0 spiro atoms. The van der Waals surface area contributed by atoms with Crippen molar-refractivity contribution in [2.45, 2.75) is 24.0 Å². The molecule has 1 aromatic carbocycles. The van der Waals surface area contributed by atoms with Crippen LogP contribution in [-0.2, 0) is 10.0 Å². The van der Waals surface area contributed by atoms with Crippen molar-refractivity contribution >= 4 is 15.7 Å². The van der Waals surface area contributed by atoms with Crippen molar-refractivity contribution in [1.29, 1.82) is 0 Å². The molecule has 110 valence electrons. The predicted molar refractivity (Wildman–Crippen MR) is 68.6 cm³/mol. The van der Waals surface area contributed by atoms with Gasteiger partial charge in [0.1, 0.15) is 0 Å². The van der Waals surface area contributed by atoms with Crippen LogP contribution in [0, 0.1) is 17.0 Å². The molecule has 9 heteroatoms.